The predicted molar refractivity (Wildman–Crippen MR) is 61.2 cm³/mol. The molecule has 1 N–H and O–H groups in total. The van der Waals surface area contributed by atoms with Crippen LogP contribution in [0.25, 0.3) is 0 Å². The normalized spacial score (nSPS) is 11.2. The number of aliphatic hydroxyl groups excluding tert-OH is 1. The van der Waals surface area contributed by atoms with Gasteiger partial charge < -0.3 is 14.4 Å². The topological polar surface area (TPSA) is 62.4 Å². The quantitative estimate of drug-likeness (QED) is 0.718. The minimum absolute atomic E-state index is 0.222. The van der Waals surface area contributed by atoms with Crippen molar-refractivity contribution in [1.29, 1.82) is 0 Å². The molecule has 5 heteroatoms. The summed E-state index contributed by atoms with van der Waals surface area (Å²) in [5, 5.41) is 16.6. The lowest BCUT2D eigenvalue weighted by molar-refractivity contribution is 0.193. The summed E-state index contributed by atoms with van der Waals surface area (Å²) in [6.07, 6.45) is 2.91. The van der Waals surface area contributed by atoms with Crippen molar-refractivity contribution in [1.82, 2.24) is 15.1 Å². The smallest absolute Gasteiger partial charge is 0.216 e. The molecule has 0 bridgehead atoms. The van der Waals surface area contributed by atoms with Gasteiger partial charge in [0.05, 0.1) is 6.61 Å². The van der Waals surface area contributed by atoms with Gasteiger partial charge in [0, 0.05) is 19.9 Å². The Morgan fingerprint density at radius 3 is 2.62 bits per heavy atom. The molecule has 0 saturated carbocycles. The molecule has 0 saturated heterocycles. The fraction of sp³-hybridized carbons (Fsp3) is 0.818. The van der Waals surface area contributed by atoms with Crippen molar-refractivity contribution < 1.29 is 9.52 Å². The molecule has 0 aliphatic carbocycles. The van der Waals surface area contributed by atoms with Gasteiger partial charge in [-0.2, -0.15) is 0 Å². The summed E-state index contributed by atoms with van der Waals surface area (Å²) in [6.45, 7) is 6.91. The van der Waals surface area contributed by atoms with Crippen LogP contribution in [-0.4, -0.2) is 46.4 Å². The minimum atomic E-state index is 0.222. The number of aromatic nitrogens is 2. The lowest BCUT2D eigenvalue weighted by Crippen LogP contribution is -2.29. The van der Waals surface area contributed by atoms with Crippen molar-refractivity contribution >= 4 is 0 Å². The maximum absolute atomic E-state index is 8.90. The predicted octanol–water partition coefficient (Wildman–Crippen LogP) is 1.01. The van der Waals surface area contributed by atoms with Crippen LogP contribution < -0.4 is 0 Å². The third-order valence-electron chi connectivity index (χ3n) is 2.39. The molecular formula is C11H21N3O2. The molecule has 0 fully saturated rings. The zero-order valence-electron chi connectivity index (χ0n) is 10.1. The van der Waals surface area contributed by atoms with Crippen molar-refractivity contribution in [2.45, 2.75) is 33.1 Å². The van der Waals surface area contributed by atoms with E-state index in [9.17, 15) is 0 Å². The van der Waals surface area contributed by atoms with Crippen LogP contribution in [0.2, 0.25) is 0 Å². The molecule has 5 nitrogen and oxygen atoms in total. The molecule has 0 aliphatic heterocycles. The maximum Gasteiger partial charge on any atom is 0.216 e. The monoisotopic (exact) mass is 227 g/mol. The molecule has 0 unspecified atom stereocenters. The zero-order valence-corrected chi connectivity index (χ0v) is 10.1. The summed E-state index contributed by atoms with van der Waals surface area (Å²) < 4.78 is 5.30. The summed E-state index contributed by atoms with van der Waals surface area (Å²) in [4.78, 5) is 2.25. The number of hydrogen-bond donors (Lipinski definition) is 1. The Morgan fingerprint density at radius 2 is 2.06 bits per heavy atom. The Labute approximate surface area is 96.5 Å². The third kappa shape index (κ3) is 4.72. The molecule has 16 heavy (non-hydrogen) atoms. The van der Waals surface area contributed by atoms with E-state index in [-0.39, 0.29) is 6.61 Å². The Hall–Kier alpha value is -0.940. The molecule has 0 radical (unpaired) electrons. The van der Waals surface area contributed by atoms with Gasteiger partial charge in [0.1, 0.15) is 0 Å². The van der Waals surface area contributed by atoms with Gasteiger partial charge in [-0.05, 0) is 25.9 Å². The second kappa shape index (κ2) is 7.35. The van der Waals surface area contributed by atoms with E-state index in [1.165, 1.54) is 0 Å². The van der Waals surface area contributed by atoms with Gasteiger partial charge in [-0.1, -0.05) is 6.92 Å². The summed E-state index contributed by atoms with van der Waals surface area (Å²) >= 11 is 0. The van der Waals surface area contributed by atoms with E-state index in [1.54, 1.807) is 6.92 Å². The Balaban J connectivity index is 2.21. The van der Waals surface area contributed by atoms with Crippen LogP contribution in [-0.2, 0) is 6.42 Å². The molecular weight excluding hydrogens is 206 g/mol. The number of aliphatic hydroxyl groups is 1. The van der Waals surface area contributed by atoms with E-state index < -0.39 is 0 Å². The third-order valence-corrected chi connectivity index (χ3v) is 2.39. The average Bonchev–Trinajstić information content (AvgIpc) is 2.65. The standard InChI is InChI=1S/C11H21N3O2/c1-3-6-14(8-9-15)7-4-5-11-13-12-10(2)16-11/h15H,3-9H2,1-2H3. The highest BCUT2D eigenvalue weighted by Crippen LogP contribution is 2.03. The van der Waals surface area contributed by atoms with E-state index in [2.05, 4.69) is 22.0 Å². The molecule has 0 atom stereocenters. The molecule has 1 heterocycles. The molecule has 92 valence electrons. The summed E-state index contributed by atoms with van der Waals surface area (Å²) in [5.41, 5.74) is 0. The first-order chi connectivity index (χ1) is 7.76. The first-order valence-electron chi connectivity index (χ1n) is 5.88. The number of aryl methyl sites for hydroxylation is 2. The fourth-order valence-corrected chi connectivity index (χ4v) is 1.69. The first kappa shape index (κ1) is 13.1. The van der Waals surface area contributed by atoms with E-state index in [1.807, 2.05) is 0 Å². The number of nitrogens with zero attached hydrogens (tertiary/aromatic N) is 3. The zero-order chi connectivity index (χ0) is 11.8. The van der Waals surface area contributed by atoms with Crippen molar-refractivity contribution in [3.63, 3.8) is 0 Å². The lowest BCUT2D eigenvalue weighted by Gasteiger charge is -2.19. The van der Waals surface area contributed by atoms with E-state index in [4.69, 9.17) is 9.52 Å². The minimum Gasteiger partial charge on any atom is -0.426 e. The van der Waals surface area contributed by atoms with Gasteiger partial charge in [0.2, 0.25) is 11.8 Å². The summed E-state index contributed by atoms with van der Waals surface area (Å²) in [7, 11) is 0. The van der Waals surface area contributed by atoms with Crippen molar-refractivity contribution in [2.24, 2.45) is 0 Å². The highest BCUT2D eigenvalue weighted by Gasteiger charge is 2.05. The van der Waals surface area contributed by atoms with Gasteiger partial charge in [-0.25, -0.2) is 0 Å². The number of rotatable bonds is 8. The van der Waals surface area contributed by atoms with Crippen molar-refractivity contribution in [3.05, 3.63) is 11.8 Å². The lowest BCUT2D eigenvalue weighted by atomic mass is 10.3. The van der Waals surface area contributed by atoms with Crippen LogP contribution in [0.3, 0.4) is 0 Å². The molecule has 1 rings (SSSR count). The highest BCUT2D eigenvalue weighted by atomic mass is 16.4. The van der Waals surface area contributed by atoms with Crippen molar-refractivity contribution in [3.8, 4) is 0 Å². The van der Waals surface area contributed by atoms with E-state index >= 15 is 0 Å². The molecule has 0 aliphatic rings. The Bertz CT molecular complexity index is 283. The molecule has 0 aromatic carbocycles. The molecule has 0 spiro atoms. The fourth-order valence-electron chi connectivity index (χ4n) is 1.69. The average molecular weight is 227 g/mol. The van der Waals surface area contributed by atoms with E-state index in [0.29, 0.717) is 11.8 Å². The van der Waals surface area contributed by atoms with Crippen LogP contribution in [0, 0.1) is 6.92 Å². The second-order valence-electron chi connectivity index (χ2n) is 3.88. The maximum atomic E-state index is 8.90. The SMILES string of the molecule is CCCN(CCO)CCCc1nnc(C)o1. The first-order valence-corrected chi connectivity index (χ1v) is 5.88. The van der Waals surface area contributed by atoms with Crippen LogP contribution in [0.1, 0.15) is 31.5 Å². The van der Waals surface area contributed by atoms with E-state index in [0.717, 1.165) is 38.9 Å². The number of hydrogen-bond acceptors (Lipinski definition) is 5. The summed E-state index contributed by atoms with van der Waals surface area (Å²) in [6, 6.07) is 0. The van der Waals surface area contributed by atoms with Gasteiger partial charge in [-0.3, -0.25) is 0 Å². The van der Waals surface area contributed by atoms with Crippen molar-refractivity contribution in [2.75, 3.05) is 26.2 Å². The Kier molecular flexibility index (Phi) is 6.03. The van der Waals surface area contributed by atoms with Gasteiger partial charge in [0.15, 0.2) is 0 Å². The highest BCUT2D eigenvalue weighted by molar-refractivity contribution is 4.79. The van der Waals surface area contributed by atoms with Crippen LogP contribution in [0.15, 0.2) is 4.42 Å². The van der Waals surface area contributed by atoms with Crippen LogP contribution in [0.4, 0.5) is 0 Å². The molecule has 1 aromatic rings. The van der Waals surface area contributed by atoms with Crippen LogP contribution >= 0.6 is 0 Å². The summed E-state index contributed by atoms with van der Waals surface area (Å²) in [5.74, 6) is 1.33. The second-order valence-corrected chi connectivity index (χ2v) is 3.88. The Morgan fingerprint density at radius 1 is 1.25 bits per heavy atom. The molecule has 1 aromatic heterocycles. The van der Waals surface area contributed by atoms with Gasteiger partial charge in [0.25, 0.3) is 0 Å². The van der Waals surface area contributed by atoms with Crippen LogP contribution in [0.5, 0.6) is 0 Å². The van der Waals surface area contributed by atoms with Gasteiger partial charge in [-0.15, -0.1) is 10.2 Å². The molecule has 0 amide bonds. The van der Waals surface area contributed by atoms with Gasteiger partial charge >= 0.3 is 0 Å². The largest absolute Gasteiger partial charge is 0.426 e.